The molecule has 0 aliphatic carbocycles. The van der Waals surface area contributed by atoms with E-state index in [1.54, 1.807) is 0 Å². The number of unbranched alkanes of at least 4 members (excludes halogenated alkanes) is 2. The molecule has 9 heavy (non-hydrogen) atoms. The van der Waals surface area contributed by atoms with Crippen LogP contribution in [0, 0.1) is 6.92 Å². The summed E-state index contributed by atoms with van der Waals surface area (Å²) in [6, 6.07) is 0. The molecule has 0 aromatic rings. The fourth-order valence-electron chi connectivity index (χ4n) is 0.404. The van der Waals surface area contributed by atoms with Crippen molar-refractivity contribution in [3.8, 4) is 0 Å². The Balaban J connectivity index is 0. The van der Waals surface area contributed by atoms with Gasteiger partial charge in [-0.15, -0.1) is 0 Å². The van der Waals surface area contributed by atoms with Gasteiger partial charge in [0.15, 0.2) is 0 Å². The SMILES string of the molecule is [CH2-]CCCCN=[N+]=[N-].[Y]. The van der Waals surface area contributed by atoms with E-state index in [0.717, 1.165) is 19.3 Å². The van der Waals surface area contributed by atoms with Crippen LogP contribution in [-0.2, 0) is 32.7 Å². The molecular weight excluding hydrogens is 191 g/mol. The van der Waals surface area contributed by atoms with Gasteiger partial charge >= 0.3 is 0 Å². The Morgan fingerprint density at radius 1 is 1.44 bits per heavy atom. The van der Waals surface area contributed by atoms with Crippen molar-refractivity contribution >= 4 is 0 Å². The van der Waals surface area contributed by atoms with E-state index in [-0.39, 0.29) is 32.7 Å². The zero-order valence-electron chi connectivity index (χ0n) is 5.45. The Morgan fingerprint density at radius 3 is 2.56 bits per heavy atom. The molecule has 1 radical (unpaired) electrons. The van der Waals surface area contributed by atoms with E-state index in [4.69, 9.17) is 5.53 Å². The van der Waals surface area contributed by atoms with Gasteiger partial charge < -0.3 is 6.92 Å². The topological polar surface area (TPSA) is 48.8 Å². The van der Waals surface area contributed by atoms with Gasteiger partial charge in [0.2, 0.25) is 0 Å². The van der Waals surface area contributed by atoms with Crippen LogP contribution in [0.1, 0.15) is 19.3 Å². The third kappa shape index (κ3) is 11.8. The number of nitrogens with zero attached hydrogens (tertiary/aromatic N) is 3. The van der Waals surface area contributed by atoms with Crippen LogP contribution in [0.25, 0.3) is 10.4 Å². The molecule has 0 atom stereocenters. The summed E-state index contributed by atoms with van der Waals surface area (Å²) < 4.78 is 0. The van der Waals surface area contributed by atoms with Gasteiger partial charge in [0.25, 0.3) is 0 Å². The van der Waals surface area contributed by atoms with Gasteiger partial charge in [-0.05, 0) is 5.53 Å². The van der Waals surface area contributed by atoms with Crippen LogP contribution in [0.2, 0.25) is 0 Å². The summed E-state index contributed by atoms with van der Waals surface area (Å²) in [5.41, 5.74) is 7.81. The molecule has 4 heteroatoms. The standard InChI is InChI=1S/C5H10N3.Y/c1-2-3-4-5-7-8-6;/h1-5H2;/q-1;. The van der Waals surface area contributed by atoms with Crippen LogP contribution in [0.4, 0.5) is 0 Å². The van der Waals surface area contributed by atoms with Gasteiger partial charge in [-0.3, -0.25) is 0 Å². The normalized spacial score (nSPS) is 7.22. The Bertz CT molecular complexity index is 88.2. The maximum absolute atomic E-state index is 7.81. The third-order valence-electron chi connectivity index (χ3n) is 0.821. The maximum Gasteiger partial charge on any atom is 0.0257 e. The van der Waals surface area contributed by atoms with E-state index in [2.05, 4.69) is 16.9 Å². The van der Waals surface area contributed by atoms with Gasteiger partial charge in [-0.1, -0.05) is 18.0 Å². The van der Waals surface area contributed by atoms with Crippen molar-refractivity contribution in [3.63, 3.8) is 0 Å². The Labute approximate surface area is 80.7 Å². The van der Waals surface area contributed by atoms with Gasteiger partial charge in [0.05, 0.1) is 0 Å². The van der Waals surface area contributed by atoms with Crippen LogP contribution in [0.3, 0.4) is 0 Å². The van der Waals surface area contributed by atoms with E-state index in [1.807, 2.05) is 0 Å². The zero-order chi connectivity index (χ0) is 6.24. The molecule has 0 rings (SSSR count). The van der Waals surface area contributed by atoms with Crippen LogP contribution in [-0.4, -0.2) is 6.54 Å². The fourth-order valence-corrected chi connectivity index (χ4v) is 0.404. The molecule has 0 saturated carbocycles. The Hall–Kier alpha value is 0.414. The minimum absolute atomic E-state index is 0. The molecule has 3 nitrogen and oxygen atoms in total. The number of rotatable bonds is 4. The Kier molecular flexibility index (Phi) is 15.1. The van der Waals surface area contributed by atoms with Gasteiger partial charge in [0, 0.05) is 44.2 Å². The first kappa shape index (κ1) is 12.1. The minimum atomic E-state index is 0. The summed E-state index contributed by atoms with van der Waals surface area (Å²) in [5.74, 6) is 0. The van der Waals surface area contributed by atoms with E-state index in [0.29, 0.717) is 6.54 Å². The molecule has 0 amide bonds. The molecule has 0 aliphatic rings. The molecular formula is C5H10N3Y-. The number of hydrogen-bond acceptors (Lipinski definition) is 1. The van der Waals surface area contributed by atoms with Crippen molar-refractivity contribution in [2.45, 2.75) is 19.3 Å². The predicted molar refractivity (Wildman–Crippen MR) is 33.2 cm³/mol. The summed E-state index contributed by atoms with van der Waals surface area (Å²) in [7, 11) is 0. The molecule has 0 bridgehead atoms. The maximum atomic E-state index is 7.81. The fraction of sp³-hybridized carbons (Fsp3) is 0.800. The first-order valence-corrected chi connectivity index (χ1v) is 2.72. The minimum Gasteiger partial charge on any atom is -0.343 e. The summed E-state index contributed by atoms with van der Waals surface area (Å²) >= 11 is 0. The zero-order valence-corrected chi connectivity index (χ0v) is 8.29. The number of azide groups is 1. The van der Waals surface area contributed by atoms with Gasteiger partial charge in [0.1, 0.15) is 0 Å². The number of hydrogen-bond donors (Lipinski definition) is 0. The van der Waals surface area contributed by atoms with Crippen LogP contribution < -0.4 is 0 Å². The summed E-state index contributed by atoms with van der Waals surface area (Å²) in [4.78, 5) is 2.61. The molecule has 0 unspecified atom stereocenters. The second-order valence-corrected chi connectivity index (χ2v) is 1.52. The largest absolute Gasteiger partial charge is 0.343 e. The first-order valence-electron chi connectivity index (χ1n) is 2.72. The summed E-state index contributed by atoms with van der Waals surface area (Å²) in [5, 5.41) is 3.36. The molecule has 0 fully saturated rings. The molecule has 0 aliphatic heterocycles. The van der Waals surface area contributed by atoms with E-state index in [9.17, 15) is 0 Å². The van der Waals surface area contributed by atoms with Crippen LogP contribution in [0.15, 0.2) is 5.11 Å². The van der Waals surface area contributed by atoms with Crippen molar-refractivity contribution in [2.24, 2.45) is 5.11 Å². The van der Waals surface area contributed by atoms with Gasteiger partial charge in [-0.2, -0.15) is 6.42 Å². The summed E-state index contributed by atoms with van der Waals surface area (Å²) in [6.45, 7) is 4.27. The molecule has 0 saturated heterocycles. The van der Waals surface area contributed by atoms with Crippen molar-refractivity contribution in [2.75, 3.05) is 6.54 Å². The average Bonchev–Trinajstić information content (AvgIpc) is 1.81. The van der Waals surface area contributed by atoms with Crippen molar-refractivity contribution < 1.29 is 32.7 Å². The second kappa shape index (κ2) is 11.2. The third-order valence-corrected chi connectivity index (χ3v) is 0.821. The van der Waals surface area contributed by atoms with E-state index >= 15 is 0 Å². The molecule has 49 valence electrons. The van der Waals surface area contributed by atoms with Crippen LogP contribution in [0.5, 0.6) is 0 Å². The second-order valence-electron chi connectivity index (χ2n) is 1.52. The Morgan fingerprint density at radius 2 is 2.11 bits per heavy atom. The first-order chi connectivity index (χ1) is 3.91. The van der Waals surface area contributed by atoms with Crippen molar-refractivity contribution in [1.82, 2.24) is 0 Å². The van der Waals surface area contributed by atoms with E-state index in [1.165, 1.54) is 0 Å². The van der Waals surface area contributed by atoms with Crippen molar-refractivity contribution in [1.29, 1.82) is 0 Å². The smallest absolute Gasteiger partial charge is 0.0257 e. The molecule has 0 aromatic heterocycles. The molecule has 0 aromatic carbocycles. The van der Waals surface area contributed by atoms with Crippen LogP contribution >= 0.6 is 0 Å². The van der Waals surface area contributed by atoms with Crippen molar-refractivity contribution in [3.05, 3.63) is 17.4 Å². The molecule has 0 heterocycles. The summed E-state index contributed by atoms with van der Waals surface area (Å²) in [6.07, 6.45) is 2.95. The quantitative estimate of drug-likeness (QED) is 0.220. The predicted octanol–water partition coefficient (Wildman–Crippen LogP) is 2.30. The average molecular weight is 201 g/mol. The molecule has 0 N–H and O–H groups in total. The van der Waals surface area contributed by atoms with Gasteiger partial charge in [-0.25, -0.2) is 0 Å². The van der Waals surface area contributed by atoms with E-state index < -0.39 is 0 Å². The monoisotopic (exact) mass is 201 g/mol. The molecule has 0 spiro atoms.